The summed E-state index contributed by atoms with van der Waals surface area (Å²) < 4.78 is 0. The number of aliphatic imine (C=N–C) groups is 1. The van der Waals surface area contributed by atoms with Gasteiger partial charge in [0.1, 0.15) is 6.33 Å². The van der Waals surface area contributed by atoms with Crippen molar-refractivity contribution in [2.45, 2.75) is 26.9 Å². The van der Waals surface area contributed by atoms with Crippen LogP contribution >= 0.6 is 35.3 Å². The van der Waals surface area contributed by atoms with E-state index >= 15 is 0 Å². The third kappa shape index (κ3) is 5.80. The Kier molecular flexibility index (Phi) is 8.05. The Balaban J connectivity index is 0.00000243. The number of nitrogens with one attached hydrogen (secondary N) is 3. The Morgan fingerprint density at radius 1 is 1.23 bits per heavy atom. The van der Waals surface area contributed by atoms with Crippen molar-refractivity contribution >= 4 is 41.3 Å². The molecule has 3 rings (SSSR count). The minimum Gasteiger partial charge on any atom is -0.357 e. The molecule has 0 radical (unpaired) electrons. The number of H-pyrrole nitrogens is 1. The Morgan fingerprint density at radius 3 is 2.81 bits per heavy atom. The zero-order valence-corrected chi connectivity index (χ0v) is 18.0. The fourth-order valence-corrected chi connectivity index (χ4v) is 3.25. The Morgan fingerprint density at radius 2 is 2.12 bits per heavy atom. The quantitative estimate of drug-likeness (QED) is 0.285. The van der Waals surface area contributed by atoms with E-state index in [2.05, 4.69) is 68.9 Å². The number of hydrogen-bond acceptors (Lipinski definition) is 4. The smallest absolute Gasteiger partial charge is 0.191 e. The van der Waals surface area contributed by atoms with E-state index in [1.54, 1.807) is 11.3 Å². The summed E-state index contributed by atoms with van der Waals surface area (Å²) in [5.41, 5.74) is 2.13. The number of aryl methyl sites for hydroxylation is 1. The third-order valence-electron chi connectivity index (χ3n) is 3.61. The van der Waals surface area contributed by atoms with Crippen LogP contribution in [-0.4, -0.2) is 27.7 Å². The van der Waals surface area contributed by atoms with Crippen LogP contribution in [-0.2, 0) is 13.1 Å². The lowest BCUT2D eigenvalue weighted by Crippen LogP contribution is -2.36. The summed E-state index contributed by atoms with van der Waals surface area (Å²) in [6.45, 7) is 6.39. The summed E-state index contributed by atoms with van der Waals surface area (Å²) in [7, 11) is 0. The molecular formula is C18H23IN6S. The minimum atomic E-state index is 0. The van der Waals surface area contributed by atoms with Crippen LogP contribution in [0.3, 0.4) is 0 Å². The molecule has 138 valence electrons. The molecule has 0 spiro atoms. The van der Waals surface area contributed by atoms with Gasteiger partial charge in [-0.15, -0.1) is 35.3 Å². The molecule has 2 aromatic heterocycles. The standard InChI is InChI=1S/C18H22N6S.HI/c1-3-19-18(21-11-16-8-7-13(2)25-16)20-10-14-5-4-6-15(9-14)17-22-12-23-24-17;/h4-9,12H,3,10-11H2,1-2H3,(H2,19,20,21)(H,22,23,24);1H. The molecular weight excluding hydrogens is 459 g/mol. The second kappa shape index (κ2) is 10.3. The summed E-state index contributed by atoms with van der Waals surface area (Å²) in [4.78, 5) is 11.5. The molecule has 3 N–H and O–H groups in total. The van der Waals surface area contributed by atoms with Crippen LogP contribution in [0.1, 0.15) is 22.2 Å². The van der Waals surface area contributed by atoms with Gasteiger partial charge in [0.2, 0.25) is 0 Å². The van der Waals surface area contributed by atoms with Crippen molar-refractivity contribution < 1.29 is 0 Å². The molecule has 0 atom stereocenters. The van der Waals surface area contributed by atoms with E-state index < -0.39 is 0 Å². The van der Waals surface area contributed by atoms with Gasteiger partial charge in [-0.05, 0) is 37.6 Å². The van der Waals surface area contributed by atoms with Crippen LogP contribution in [0, 0.1) is 6.92 Å². The first-order chi connectivity index (χ1) is 12.2. The highest BCUT2D eigenvalue weighted by Gasteiger charge is 2.03. The highest BCUT2D eigenvalue weighted by atomic mass is 127. The monoisotopic (exact) mass is 482 g/mol. The van der Waals surface area contributed by atoms with Gasteiger partial charge in [0.05, 0.1) is 13.1 Å². The summed E-state index contributed by atoms with van der Waals surface area (Å²) in [6, 6.07) is 12.5. The molecule has 0 aliphatic rings. The van der Waals surface area contributed by atoms with E-state index in [9.17, 15) is 0 Å². The van der Waals surface area contributed by atoms with Crippen molar-refractivity contribution in [2.75, 3.05) is 6.54 Å². The van der Waals surface area contributed by atoms with Gasteiger partial charge < -0.3 is 10.6 Å². The Hall–Kier alpha value is -1.94. The van der Waals surface area contributed by atoms with E-state index in [0.717, 1.165) is 36.0 Å². The third-order valence-corrected chi connectivity index (χ3v) is 4.61. The van der Waals surface area contributed by atoms with Gasteiger partial charge in [-0.3, -0.25) is 5.10 Å². The molecule has 6 nitrogen and oxygen atoms in total. The molecule has 1 aromatic carbocycles. The molecule has 2 heterocycles. The summed E-state index contributed by atoms with van der Waals surface area (Å²) in [6.07, 6.45) is 1.51. The van der Waals surface area contributed by atoms with Gasteiger partial charge >= 0.3 is 0 Å². The lowest BCUT2D eigenvalue weighted by atomic mass is 10.1. The van der Waals surface area contributed by atoms with Crippen LogP contribution in [0.15, 0.2) is 47.7 Å². The number of nitrogens with zero attached hydrogens (tertiary/aromatic N) is 3. The van der Waals surface area contributed by atoms with Crippen LogP contribution in [0.5, 0.6) is 0 Å². The molecule has 0 saturated carbocycles. The van der Waals surface area contributed by atoms with Crippen molar-refractivity contribution in [1.82, 2.24) is 25.8 Å². The maximum atomic E-state index is 4.68. The van der Waals surface area contributed by atoms with Gasteiger partial charge in [0.15, 0.2) is 11.8 Å². The summed E-state index contributed by atoms with van der Waals surface area (Å²) >= 11 is 1.80. The number of thiophene rings is 1. The van der Waals surface area contributed by atoms with E-state index in [-0.39, 0.29) is 24.0 Å². The van der Waals surface area contributed by atoms with Crippen molar-refractivity contribution in [1.29, 1.82) is 0 Å². The van der Waals surface area contributed by atoms with Crippen LogP contribution < -0.4 is 10.6 Å². The van der Waals surface area contributed by atoms with Gasteiger partial charge in [-0.1, -0.05) is 18.2 Å². The average Bonchev–Trinajstić information content (AvgIpc) is 3.29. The Bertz CT molecular complexity index is 828. The minimum absolute atomic E-state index is 0. The SMILES string of the molecule is CCNC(=NCc1cccc(-c2ncn[nH]2)c1)NCc1ccc(C)s1.I. The first-order valence-corrected chi connectivity index (χ1v) is 9.08. The fraction of sp³-hybridized carbons (Fsp3) is 0.278. The van der Waals surface area contributed by atoms with Crippen molar-refractivity contribution in [2.24, 2.45) is 4.99 Å². The maximum absolute atomic E-state index is 4.68. The number of hydrogen-bond donors (Lipinski definition) is 3. The molecule has 0 fully saturated rings. The molecule has 26 heavy (non-hydrogen) atoms. The number of aromatic nitrogens is 3. The number of halogens is 1. The molecule has 8 heteroatoms. The van der Waals surface area contributed by atoms with Gasteiger partial charge in [-0.25, -0.2) is 9.98 Å². The molecule has 3 aromatic rings. The van der Waals surface area contributed by atoms with Crippen LogP contribution in [0.4, 0.5) is 0 Å². The largest absolute Gasteiger partial charge is 0.357 e. The number of guanidine groups is 1. The topological polar surface area (TPSA) is 78.0 Å². The predicted octanol–water partition coefficient (Wildman–Crippen LogP) is 3.71. The van der Waals surface area contributed by atoms with Gasteiger partial charge in [-0.2, -0.15) is 5.10 Å². The molecule has 0 unspecified atom stereocenters. The summed E-state index contributed by atoms with van der Waals surface area (Å²) in [5.74, 6) is 1.59. The first-order valence-electron chi connectivity index (χ1n) is 8.27. The highest BCUT2D eigenvalue weighted by Crippen LogP contribution is 2.16. The lowest BCUT2D eigenvalue weighted by molar-refractivity contribution is 0.823. The number of aromatic amines is 1. The second-order valence-corrected chi connectivity index (χ2v) is 6.97. The summed E-state index contributed by atoms with van der Waals surface area (Å²) in [5, 5.41) is 13.5. The van der Waals surface area contributed by atoms with Crippen molar-refractivity contribution in [3.8, 4) is 11.4 Å². The highest BCUT2D eigenvalue weighted by molar-refractivity contribution is 14.0. The van der Waals surface area contributed by atoms with Crippen molar-refractivity contribution in [3.05, 3.63) is 58.0 Å². The average molecular weight is 482 g/mol. The fourth-order valence-electron chi connectivity index (χ4n) is 2.42. The number of benzene rings is 1. The molecule has 0 aliphatic heterocycles. The second-order valence-electron chi connectivity index (χ2n) is 5.60. The zero-order chi connectivity index (χ0) is 17.5. The Labute approximate surface area is 174 Å². The van der Waals surface area contributed by atoms with Crippen molar-refractivity contribution in [3.63, 3.8) is 0 Å². The molecule has 0 saturated heterocycles. The molecule has 0 amide bonds. The first kappa shape index (κ1) is 20.4. The molecule has 0 bridgehead atoms. The maximum Gasteiger partial charge on any atom is 0.191 e. The zero-order valence-electron chi connectivity index (χ0n) is 14.8. The number of rotatable bonds is 6. The van der Waals surface area contributed by atoms with Crippen LogP contribution in [0.25, 0.3) is 11.4 Å². The van der Waals surface area contributed by atoms with E-state index in [0.29, 0.717) is 6.54 Å². The van der Waals surface area contributed by atoms with Gasteiger partial charge in [0.25, 0.3) is 0 Å². The van der Waals surface area contributed by atoms with E-state index in [4.69, 9.17) is 0 Å². The molecule has 0 aliphatic carbocycles. The van der Waals surface area contributed by atoms with Crippen LogP contribution in [0.2, 0.25) is 0 Å². The normalized spacial score (nSPS) is 11.1. The van der Waals surface area contributed by atoms with E-state index in [1.807, 2.05) is 12.1 Å². The predicted molar refractivity (Wildman–Crippen MR) is 118 cm³/mol. The van der Waals surface area contributed by atoms with E-state index in [1.165, 1.54) is 16.1 Å². The van der Waals surface area contributed by atoms with Gasteiger partial charge in [0, 0.05) is 21.9 Å². The lowest BCUT2D eigenvalue weighted by Gasteiger charge is -2.10.